The molecule has 2 bridgehead atoms. The zero-order chi connectivity index (χ0) is 20.8. The van der Waals surface area contributed by atoms with E-state index in [-0.39, 0.29) is 35.8 Å². The van der Waals surface area contributed by atoms with Crippen LogP contribution in [0.3, 0.4) is 0 Å². The van der Waals surface area contributed by atoms with Gasteiger partial charge in [-0.05, 0) is 26.7 Å². The Morgan fingerprint density at radius 3 is 2.71 bits per heavy atom. The number of aliphatic hydroxyl groups is 1. The number of ether oxygens (including phenoxy) is 1. The number of aliphatic carboxylic acids is 1. The highest BCUT2D eigenvalue weighted by Crippen LogP contribution is 2.60. The molecule has 156 valence electrons. The normalized spacial score (nSPS) is 36.1. The molecule has 0 saturated carbocycles. The highest BCUT2D eigenvalue weighted by molar-refractivity contribution is 9.09. The second kappa shape index (κ2) is 7.76. The summed E-state index contributed by atoms with van der Waals surface area (Å²) in [6.45, 7) is 7.84. The molecule has 2 amide bonds. The quantitative estimate of drug-likeness (QED) is 0.407. The first-order valence-corrected chi connectivity index (χ1v) is 10.5. The molecule has 0 aromatic heterocycles. The van der Waals surface area contributed by atoms with Crippen molar-refractivity contribution in [3.8, 4) is 0 Å². The van der Waals surface area contributed by atoms with Crippen LogP contribution < -0.4 is 0 Å². The third kappa shape index (κ3) is 2.98. The van der Waals surface area contributed by atoms with Crippen LogP contribution >= 0.6 is 15.9 Å². The smallest absolute Gasteiger partial charge is 0.310 e. The van der Waals surface area contributed by atoms with Gasteiger partial charge < -0.3 is 24.7 Å². The largest absolute Gasteiger partial charge is 0.481 e. The lowest BCUT2D eigenvalue weighted by atomic mass is 9.70. The molecule has 9 heteroatoms. The lowest BCUT2D eigenvalue weighted by molar-refractivity contribution is -0.151. The summed E-state index contributed by atoms with van der Waals surface area (Å²) in [6, 6.07) is -1.03. The van der Waals surface area contributed by atoms with E-state index in [0.29, 0.717) is 19.4 Å². The minimum Gasteiger partial charge on any atom is -0.481 e. The molecule has 28 heavy (non-hydrogen) atoms. The van der Waals surface area contributed by atoms with E-state index in [9.17, 15) is 24.6 Å². The van der Waals surface area contributed by atoms with Crippen LogP contribution in [-0.2, 0) is 19.1 Å². The van der Waals surface area contributed by atoms with Crippen LogP contribution in [0.4, 0.5) is 0 Å². The van der Waals surface area contributed by atoms with Crippen molar-refractivity contribution < 1.29 is 29.3 Å². The number of rotatable bonds is 8. The zero-order valence-corrected chi connectivity index (χ0v) is 17.7. The summed E-state index contributed by atoms with van der Waals surface area (Å²) in [5, 5.41) is 19.0. The van der Waals surface area contributed by atoms with E-state index in [1.165, 1.54) is 4.90 Å². The number of alkyl halides is 1. The van der Waals surface area contributed by atoms with Crippen molar-refractivity contribution in [3.05, 3.63) is 12.7 Å². The fraction of sp³-hybridized carbons (Fsp3) is 0.737. The first-order valence-electron chi connectivity index (χ1n) is 9.58. The number of amides is 2. The Kier molecular flexibility index (Phi) is 5.89. The molecule has 0 aromatic rings. The summed E-state index contributed by atoms with van der Waals surface area (Å²) in [5.74, 6) is -3.61. The van der Waals surface area contributed by atoms with Crippen molar-refractivity contribution in [2.24, 2.45) is 11.8 Å². The van der Waals surface area contributed by atoms with Crippen molar-refractivity contribution in [2.75, 3.05) is 19.7 Å². The lowest BCUT2D eigenvalue weighted by Crippen LogP contribution is -2.58. The van der Waals surface area contributed by atoms with E-state index in [0.717, 1.165) is 0 Å². The maximum Gasteiger partial charge on any atom is 0.310 e. The van der Waals surface area contributed by atoms with E-state index in [2.05, 4.69) is 22.5 Å². The van der Waals surface area contributed by atoms with Crippen LogP contribution in [0.2, 0.25) is 0 Å². The van der Waals surface area contributed by atoms with E-state index in [4.69, 9.17) is 4.74 Å². The minimum absolute atomic E-state index is 0.121. The fourth-order valence-electron chi connectivity index (χ4n) is 5.02. The van der Waals surface area contributed by atoms with Crippen molar-refractivity contribution in [1.82, 2.24) is 9.80 Å². The van der Waals surface area contributed by atoms with Crippen LogP contribution in [-0.4, -0.2) is 86.1 Å². The van der Waals surface area contributed by atoms with E-state index in [1.807, 2.05) is 13.8 Å². The number of likely N-dealkylation sites (tertiary alicyclic amines) is 1. The van der Waals surface area contributed by atoms with Crippen molar-refractivity contribution in [1.29, 1.82) is 0 Å². The minimum atomic E-state index is -1.17. The van der Waals surface area contributed by atoms with Gasteiger partial charge >= 0.3 is 5.97 Å². The number of aliphatic hydroxyl groups excluding tert-OH is 1. The maximum atomic E-state index is 13.6. The Morgan fingerprint density at radius 1 is 1.50 bits per heavy atom. The Bertz CT molecular complexity index is 685. The van der Waals surface area contributed by atoms with Crippen molar-refractivity contribution >= 4 is 33.7 Å². The van der Waals surface area contributed by atoms with Crippen LogP contribution in [0.1, 0.15) is 26.7 Å². The van der Waals surface area contributed by atoms with Gasteiger partial charge in [-0.3, -0.25) is 14.4 Å². The summed E-state index contributed by atoms with van der Waals surface area (Å²) in [7, 11) is 0. The van der Waals surface area contributed by atoms with Crippen LogP contribution in [0.25, 0.3) is 0 Å². The third-order valence-electron chi connectivity index (χ3n) is 6.10. The van der Waals surface area contributed by atoms with Crippen LogP contribution in [0.15, 0.2) is 12.7 Å². The van der Waals surface area contributed by atoms with Gasteiger partial charge in [0.2, 0.25) is 11.8 Å². The van der Waals surface area contributed by atoms with Gasteiger partial charge in [-0.15, -0.1) is 6.58 Å². The number of hydrogen-bond donors (Lipinski definition) is 2. The number of carboxylic acid groups (broad SMARTS) is 1. The molecule has 0 aliphatic carbocycles. The summed E-state index contributed by atoms with van der Waals surface area (Å²) in [6.07, 6.45) is 1.68. The molecule has 0 aromatic carbocycles. The molecule has 2 N–H and O–H groups in total. The molecule has 3 fully saturated rings. The summed E-state index contributed by atoms with van der Waals surface area (Å²) < 4.78 is 6.17. The molecule has 3 heterocycles. The average Bonchev–Trinajstić information content (AvgIpc) is 3.20. The van der Waals surface area contributed by atoms with Gasteiger partial charge in [0, 0.05) is 30.6 Å². The highest BCUT2D eigenvalue weighted by atomic mass is 79.9. The number of carbonyl (C=O) groups is 3. The number of fused-ring (bicyclic) bond motifs is 1. The molecule has 3 unspecified atom stereocenters. The topological polar surface area (TPSA) is 107 Å². The monoisotopic (exact) mass is 458 g/mol. The van der Waals surface area contributed by atoms with E-state index >= 15 is 0 Å². The molecule has 3 rings (SSSR count). The van der Waals surface area contributed by atoms with Gasteiger partial charge in [-0.1, -0.05) is 22.0 Å². The Balaban J connectivity index is 2.06. The molecule has 3 aliphatic heterocycles. The van der Waals surface area contributed by atoms with Gasteiger partial charge in [0.1, 0.15) is 11.6 Å². The van der Waals surface area contributed by atoms with Crippen molar-refractivity contribution in [2.45, 2.75) is 55.3 Å². The summed E-state index contributed by atoms with van der Waals surface area (Å²) in [5.41, 5.74) is -1.17. The van der Waals surface area contributed by atoms with E-state index in [1.54, 1.807) is 11.0 Å². The molecule has 6 atom stereocenters. The highest BCUT2D eigenvalue weighted by Gasteiger charge is 2.76. The molecule has 0 radical (unpaired) electrons. The third-order valence-corrected chi connectivity index (χ3v) is 6.94. The van der Waals surface area contributed by atoms with Gasteiger partial charge in [0.25, 0.3) is 0 Å². The SMILES string of the molecule is C=CCN(C(=O)C1N(CCCO)C(=O)[C@@H]2[C@H](C(=O)O)[C@H]3OC12CC3Br)C(C)C. The molecular weight excluding hydrogens is 432 g/mol. The van der Waals surface area contributed by atoms with Gasteiger partial charge in [-0.2, -0.15) is 0 Å². The Morgan fingerprint density at radius 2 is 2.18 bits per heavy atom. The Hall–Kier alpha value is -1.45. The van der Waals surface area contributed by atoms with Gasteiger partial charge in [0.05, 0.1) is 17.9 Å². The van der Waals surface area contributed by atoms with Crippen LogP contribution in [0.5, 0.6) is 0 Å². The fourth-order valence-corrected chi connectivity index (χ4v) is 5.97. The standard InChI is InChI=1S/C19H27BrN2O6/c1-4-6-21(10(2)3)17(25)15-19-9-11(20)14(28-19)12(18(26)27)13(19)16(24)22(15)7-5-8-23/h4,10-15,23H,1,5-9H2,2-3H3,(H,26,27)/t11?,12-,13-,14-,15?,19?/m0/s1. The first-order chi connectivity index (χ1) is 13.2. The van der Waals surface area contributed by atoms with Gasteiger partial charge in [-0.25, -0.2) is 0 Å². The van der Waals surface area contributed by atoms with Crippen molar-refractivity contribution in [3.63, 3.8) is 0 Å². The number of hydrogen-bond acceptors (Lipinski definition) is 5. The predicted octanol–water partition coefficient (Wildman–Crippen LogP) is 0.624. The number of nitrogens with zero attached hydrogens (tertiary/aromatic N) is 2. The first kappa shape index (κ1) is 21.3. The molecule has 1 spiro atoms. The molecule has 3 aliphatic rings. The number of halogens is 1. The molecular formula is C19H27BrN2O6. The second-order valence-corrected chi connectivity index (χ2v) is 9.16. The molecule has 8 nitrogen and oxygen atoms in total. The predicted molar refractivity (Wildman–Crippen MR) is 104 cm³/mol. The molecule has 3 saturated heterocycles. The number of carbonyl (C=O) groups excluding carboxylic acids is 2. The van der Waals surface area contributed by atoms with Gasteiger partial charge in [0.15, 0.2) is 0 Å². The van der Waals surface area contributed by atoms with Crippen LogP contribution in [0, 0.1) is 11.8 Å². The number of carboxylic acids is 1. The second-order valence-electron chi connectivity index (χ2n) is 7.98. The summed E-state index contributed by atoms with van der Waals surface area (Å²) >= 11 is 3.50. The van der Waals surface area contributed by atoms with E-state index < -0.39 is 35.6 Å². The zero-order valence-electron chi connectivity index (χ0n) is 16.1. The maximum absolute atomic E-state index is 13.6. The Labute approximate surface area is 172 Å². The summed E-state index contributed by atoms with van der Waals surface area (Å²) in [4.78, 5) is 41.6. The average molecular weight is 459 g/mol. The lowest BCUT2D eigenvalue weighted by Gasteiger charge is -2.38.